The number of rotatable bonds is 2. The summed E-state index contributed by atoms with van der Waals surface area (Å²) in [5, 5.41) is 2.81. The zero-order valence-corrected chi connectivity index (χ0v) is 7.95. The SMILES string of the molecule is C=CC(C)NC(=O)N1CCOCC1. The van der Waals surface area contributed by atoms with Crippen molar-refractivity contribution in [1.82, 2.24) is 10.2 Å². The minimum Gasteiger partial charge on any atom is -0.378 e. The number of nitrogens with one attached hydrogen (secondary N) is 1. The molecule has 4 heteroatoms. The number of amides is 2. The van der Waals surface area contributed by atoms with Crippen molar-refractivity contribution < 1.29 is 9.53 Å². The molecule has 13 heavy (non-hydrogen) atoms. The highest BCUT2D eigenvalue weighted by molar-refractivity contribution is 5.74. The molecule has 0 radical (unpaired) electrons. The van der Waals surface area contributed by atoms with E-state index in [9.17, 15) is 4.79 Å². The molecule has 74 valence electrons. The second-order valence-electron chi connectivity index (χ2n) is 3.07. The summed E-state index contributed by atoms with van der Waals surface area (Å²) >= 11 is 0. The topological polar surface area (TPSA) is 41.6 Å². The third-order valence-corrected chi connectivity index (χ3v) is 2.00. The summed E-state index contributed by atoms with van der Waals surface area (Å²) in [7, 11) is 0. The number of hydrogen-bond donors (Lipinski definition) is 1. The Kier molecular flexibility index (Phi) is 3.76. The van der Waals surface area contributed by atoms with Crippen LogP contribution in [0, 0.1) is 0 Å². The molecule has 0 aromatic rings. The lowest BCUT2D eigenvalue weighted by Crippen LogP contribution is -2.48. The van der Waals surface area contributed by atoms with Crippen LogP contribution >= 0.6 is 0 Å². The predicted molar refractivity (Wildman–Crippen MR) is 50.6 cm³/mol. The maximum atomic E-state index is 11.5. The molecule has 4 nitrogen and oxygen atoms in total. The summed E-state index contributed by atoms with van der Waals surface area (Å²) in [5.41, 5.74) is 0. The predicted octanol–water partition coefficient (Wildman–Crippen LogP) is 0.603. The van der Waals surface area contributed by atoms with Gasteiger partial charge in [-0.15, -0.1) is 6.58 Å². The van der Waals surface area contributed by atoms with E-state index in [2.05, 4.69) is 11.9 Å². The van der Waals surface area contributed by atoms with Gasteiger partial charge in [0.2, 0.25) is 0 Å². The highest BCUT2D eigenvalue weighted by Gasteiger charge is 2.16. The van der Waals surface area contributed by atoms with E-state index in [-0.39, 0.29) is 12.1 Å². The van der Waals surface area contributed by atoms with Crippen LogP contribution in [0.25, 0.3) is 0 Å². The lowest BCUT2D eigenvalue weighted by molar-refractivity contribution is 0.0529. The number of hydrogen-bond acceptors (Lipinski definition) is 2. The molecular weight excluding hydrogens is 168 g/mol. The van der Waals surface area contributed by atoms with Crippen molar-refractivity contribution in [3.8, 4) is 0 Å². The Morgan fingerprint density at radius 1 is 1.62 bits per heavy atom. The van der Waals surface area contributed by atoms with E-state index in [0.29, 0.717) is 26.3 Å². The molecule has 1 fully saturated rings. The molecule has 1 aliphatic rings. The summed E-state index contributed by atoms with van der Waals surface area (Å²) in [6, 6.07) is -0.00829. The van der Waals surface area contributed by atoms with Crippen LogP contribution in [-0.2, 0) is 4.74 Å². The van der Waals surface area contributed by atoms with Crippen molar-refractivity contribution in [3.05, 3.63) is 12.7 Å². The van der Waals surface area contributed by atoms with Gasteiger partial charge in [0.25, 0.3) is 0 Å². The highest BCUT2D eigenvalue weighted by Crippen LogP contribution is 1.97. The molecule has 0 spiro atoms. The molecule has 1 N–H and O–H groups in total. The van der Waals surface area contributed by atoms with Crippen molar-refractivity contribution in [3.63, 3.8) is 0 Å². The van der Waals surface area contributed by atoms with E-state index in [1.54, 1.807) is 11.0 Å². The van der Waals surface area contributed by atoms with E-state index in [4.69, 9.17) is 4.74 Å². The van der Waals surface area contributed by atoms with E-state index >= 15 is 0 Å². The molecule has 0 aromatic carbocycles. The summed E-state index contributed by atoms with van der Waals surface area (Å²) < 4.78 is 5.14. The van der Waals surface area contributed by atoms with E-state index in [1.165, 1.54) is 0 Å². The number of nitrogens with zero attached hydrogens (tertiary/aromatic N) is 1. The normalized spacial score (nSPS) is 19.3. The van der Waals surface area contributed by atoms with Gasteiger partial charge in [0.05, 0.1) is 13.2 Å². The van der Waals surface area contributed by atoms with Gasteiger partial charge in [-0.2, -0.15) is 0 Å². The number of carbonyl (C=O) groups excluding carboxylic acids is 1. The first-order valence-electron chi connectivity index (χ1n) is 4.50. The standard InChI is InChI=1S/C9H16N2O2/c1-3-8(2)10-9(12)11-4-6-13-7-5-11/h3,8H,1,4-7H2,2H3,(H,10,12). The van der Waals surface area contributed by atoms with Crippen LogP contribution in [0.1, 0.15) is 6.92 Å². The van der Waals surface area contributed by atoms with Crippen LogP contribution in [0.2, 0.25) is 0 Å². The quantitative estimate of drug-likeness (QED) is 0.639. The van der Waals surface area contributed by atoms with Crippen LogP contribution in [0.4, 0.5) is 4.79 Å². The molecule has 0 saturated carbocycles. The van der Waals surface area contributed by atoms with Crippen LogP contribution in [0.5, 0.6) is 0 Å². The van der Waals surface area contributed by atoms with Crippen molar-refractivity contribution >= 4 is 6.03 Å². The third-order valence-electron chi connectivity index (χ3n) is 2.00. The molecule has 1 rings (SSSR count). The second kappa shape index (κ2) is 4.87. The van der Waals surface area contributed by atoms with Crippen LogP contribution in [0.3, 0.4) is 0 Å². The Hall–Kier alpha value is -1.03. The van der Waals surface area contributed by atoms with Gasteiger partial charge in [0.1, 0.15) is 0 Å². The van der Waals surface area contributed by atoms with Gasteiger partial charge in [0, 0.05) is 19.1 Å². The highest BCUT2D eigenvalue weighted by atomic mass is 16.5. The summed E-state index contributed by atoms with van der Waals surface area (Å²) in [6.45, 7) is 8.12. The number of carbonyl (C=O) groups is 1. The Morgan fingerprint density at radius 2 is 2.23 bits per heavy atom. The number of ether oxygens (including phenoxy) is 1. The fourth-order valence-electron chi connectivity index (χ4n) is 1.11. The zero-order valence-electron chi connectivity index (χ0n) is 7.95. The molecule has 1 atom stereocenters. The van der Waals surface area contributed by atoms with Crippen LogP contribution in [0.15, 0.2) is 12.7 Å². The molecule has 0 aliphatic carbocycles. The average molecular weight is 184 g/mol. The van der Waals surface area contributed by atoms with E-state index in [1.807, 2.05) is 6.92 Å². The smallest absolute Gasteiger partial charge is 0.318 e. The molecule has 1 saturated heterocycles. The number of urea groups is 1. The monoisotopic (exact) mass is 184 g/mol. The van der Waals surface area contributed by atoms with Gasteiger partial charge in [-0.1, -0.05) is 6.08 Å². The summed E-state index contributed by atoms with van der Waals surface area (Å²) in [5.74, 6) is 0. The van der Waals surface area contributed by atoms with Gasteiger partial charge in [-0.25, -0.2) is 4.79 Å². The summed E-state index contributed by atoms with van der Waals surface area (Å²) in [4.78, 5) is 13.2. The Morgan fingerprint density at radius 3 is 2.77 bits per heavy atom. The first-order chi connectivity index (χ1) is 6.24. The Labute approximate surface area is 78.5 Å². The molecular formula is C9H16N2O2. The largest absolute Gasteiger partial charge is 0.378 e. The average Bonchev–Trinajstić information content (AvgIpc) is 2.19. The van der Waals surface area contributed by atoms with Gasteiger partial charge in [0.15, 0.2) is 0 Å². The van der Waals surface area contributed by atoms with Crippen molar-refractivity contribution in [2.24, 2.45) is 0 Å². The first-order valence-corrected chi connectivity index (χ1v) is 4.50. The minimum absolute atomic E-state index is 0.0235. The lowest BCUT2D eigenvalue weighted by atomic mass is 10.3. The van der Waals surface area contributed by atoms with Crippen LogP contribution in [-0.4, -0.2) is 43.3 Å². The molecule has 1 aliphatic heterocycles. The van der Waals surface area contributed by atoms with Crippen molar-refractivity contribution in [1.29, 1.82) is 0 Å². The fourth-order valence-corrected chi connectivity index (χ4v) is 1.11. The minimum atomic E-state index is -0.0318. The van der Waals surface area contributed by atoms with Crippen LogP contribution < -0.4 is 5.32 Å². The fraction of sp³-hybridized carbons (Fsp3) is 0.667. The van der Waals surface area contributed by atoms with Gasteiger partial charge < -0.3 is 15.0 Å². The molecule has 1 unspecified atom stereocenters. The Balaban J connectivity index is 2.32. The van der Waals surface area contributed by atoms with E-state index < -0.39 is 0 Å². The van der Waals surface area contributed by atoms with Gasteiger partial charge in [-0.3, -0.25) is 0 Å². The molecule has 0 bridgehead atoms. The molecule has 1 heterocycles. The van der Waals surface area contributed by atoms with Crippen molar-refractivity contribution in [2.45, 2.75) is 13.0 Å². The first kappa shape index (κ1) is 10.1. The molecule has 2 amide bonds. The maximum absolute atomic E-state index is 11.5. The zero-order chi connectivity index (χ0) is 9.68. The maximum Gasteiger partial charge on any atom is 0.318 e. The second-order valence-corrected chi connectivity index (χ2v) is 3.07. The molecule has 0 aromatic heterocycles. The lowest BCUT2D eigenvalue weighted by Gasteiger charge is -2.27. The number of morpholine rings is 1. The van der Waals surface area contributed by atoms with Gasteiger partial charge in [-0.05, 0) is 6.92 Å². The van der Waals surface area contributed by atoms with Gasteiger partial charge >= 0.3 is 6.03 Å². The third kappa shape index (κ3) is 3.06. The summed E-state index contributed by atoms with van der Waals surface area (Å²) in [6.07, 6.45) is 1.71. The van der Waals surface area contributed by atoms with Crippen molar-refractivity contribution in [2.75, 3.05) is 26.3 Å². The van der Waals surface area contributed by atoms with E-state index in [0.717, 1.165) is 0 Å². The Bertz CT molecular complexity index is 188.